The van der Waals surface area contributed by atoms with Crippen LogP contribution < -0.4 is 16.4 Å². The molecule has 5 nitrogen and oxygen atoms in total. The van der Waals surface area contributed by atoms with Crippen molar-refractivity contribution in [1.29, 1.82) is 0 Å². The average molecular weight is 288 g/mol. The van der Waals surface area contributed by atoms with Crippen molar-refractivity contribution in [3.8, 4) is 0 Å². The van der Waals surface area contributed by atoms with Gasteiger partial charge in [-0.2, -0.15) is 0 Å². The van der Waals surface area contributed by atoms with Crippen molar-refractivity contribution >= 4 is 17.4 Å². The Balaban J connectivity index is 1.56. The first-order valence-corrected chi connectivity index (χ1v) is 7.77. The zero-order chi connectivity index (χ0) is 14.8. The second-order valence-electron chi connectivity index (χ2n) is 6.30. The summed E-state index contributed by atoms with van der Waals surface area (Å²) in [7, 11) is 2.22. The van der Waals surface area contributed by atoms with Crippen molar-refractivity contribution in [2.75, 3.05) is 18.1 Å². The number of nitrogens with one attached hydrogen (secondary N) is 2. The van der Waals surface area contributed by atoms with Gasteiger partial charge in [0.15, 0.2) is 0 Å². The maximum Gasteiger partial charge on any atom is 0.319 e. The number of anilines is 2. The lowest BCUT2D eigenvalue weighted by Gasteiger charge is -2.47. The lowest BCUT2D eigenvalue weighted by atomic mass is 9.82. The van der Waals surface area contributed by atoms with Crippen molar-refractivity contribution in [3.05, 3.63) is 24.3 Å². The molecule has 21 heavy (non-hydrogen) atoms. The van der Waals surface area contributed by atoms with Crippen LogP contribution in [0.1, 0.15) is 32.1 Å². The highest BCUT2D eigenvalue weighted by molar-refractivity contribution is 5.89. The minimum absolute atomic E-state index is 0.131. The molecule has 5 heteroatoms. The van der Waals surface area contributed by atoms with E-state index in [2.05, 4.69) is 22.6 Å². The highest BCUT2D eigenvalue weighted by Crippen LogP contribution is 2.32. The lowest BCUT2D eigenvalue weighted by molar-refractivity contribution is 0.0513. The minimum atomic E-state index is -0.131. The smallest absolute Gasteiger partial charge is 0.319 e. The number of urea groups is 1. The van der Waals surface area contributed by atoms with Crippen LogP contribution in [0, 0.1) is 0 Å². The van der Waals surface area contributed by atoms with Crippen LogP contribution in [0.2, 0.25) is 0 Å². The zero-order valence-electron chi connectivity index (χ0n) is 12.5. The third kappa shape index (κ3) is 3.29. The third-order valence-corrected chi connectivity index (χ3v) is 4.82. The number of fused-ring (bicyclic) bond motifs is 2. The summed E-state index contributed by atoms with van der Waals surface area (Å²) in [6, 6.07) is 8.64. The Kier molecular flexibility index (Phi) is 4.01. The molecule has 1 aromatic rings. The summed E-state index contributed by atoms with van der Waals surface area (Å²) in [4.78, 5) is 14.6. The van der Waals surface area contributed by atoms with Gasteiger partial charge in [0, 0.05) is 29.5 Å². The van der Waals surface area contributed by atoms with Crippen LogP contribution in [-0.2, 0) is 0 Å². The highest BCUT2D eigenvalue weighted by atomic mass is 16.2. The normalized spacial score (nSPS) is 28.9. The van der Waals surface area contributed by atoms with Gasteiger partial charge in [-0.05, 0) is 50.9 Å². The van der Waals surface area contributed by atoms with Crippen molar-refractivity contribution in [3.63, 3.8) is 0 Å². The quantitative estimate of drug-likeness (QED) is 0.732. The number of carbonyl (C=O) groups excluding carboxylic acids is 1. The molecule has 2 fully saturated rings. The van der Waals surface area contributed by atoms with Crippen LogP contribution >= 0.6 is 0 Å². The van der Waals surface area contributed by atoms with Crippen molar-refractivity contribution in [1.82, 2.24) is 10.2 Å². The maximum atomic E-state index is 12.1. The Hall–Kier alpha value is -1.75. The molecule has 0 spiro atoms. The van der Waals surface area contributed by atoms with E-state index >= 15 is 0 Å². The summed E-state index contributed by atoms with van der Waals surface area (Å²) in [6.07, 6.45) is 5.93. The van der Waals surface area contributed by atoms with Gasteiger partial charge in [-0.1, -0.05) is 12.5 Å². The van der Waals surface area contributed by atoms with Gasteiger partial charge in [-0.3, -0.25) is 0 Å². The topological polar surface area (TPSA) is 70.4 Å². The fourth-order valence-corrected chi connectivity index (χ4v) is 3.70. The van der Waals surface area contributed by atoms with E-state index in [0.29, 0.717) is 17.8 Å². The fourth-order valence-electron chi connectivity index (χ4n) is 3.70. The summed E-state index contributed by atoms with van der Waals surface area (Å²) in [6.45, 7) is 0. The molecule has 2 heterocycles. The molecule has 114 valence electrons. The number of nitrogens with zero attached hydrogens (tertiary/aromatic N) is 1. The van der Waals surface area contributed by atoms with Gasteiger partial charge >= 0.3 is 6.03 Å². The monoisotopic (exact) mass is 288 g/mol. The van der Waals surface area contributed by atoms with Gasteiger partial charge < -0.3 is 21.3 Å². The van der Waals surface area contributed by atoms with Crippen LogP contribution in [0.25, 0.3) is 0 Å². The number of benzene rings is 1. The number of amides is 2. The van der Waals surface area contributed by atoms with Crippen LogP contribution in [-0.4, -0.2) is 36.1 Å². The molecule has 2 atom stereocenters. The fraction of sp³-hybridized carbons (Fsp3) is 0.562. The molecule has 0 aliphatic carbocycles. The zero-order valence-corrected chi connectivity index (χ0v) is 12.5. The standard InChI is InChI=1S/C16H24N4O/c1-20-14-6-3-7-15(20)10-13(9-14)19-16(21)18-12-5-2-4-11(17)8-12/h2,4-5,8,13-15H,3,6-7,9-10,17H2,1H3,(H2,18,19,21). The number of piperidine rings is 2. The molecule has 1 aromatic carbocycles. The number of rotatable bonds is 2. The average Bonchev–Trinajstić information content (AvgIpc) is 2.40. The van der Waals surface area contributed by atoms with E-state index in [4.69, 9.17) is 5.73 Å². The van der Waals surface area contributed by atoms with E-state index < -0.39 is 0 Å². The van der Waals surface area contributed by atoms with Crippen LogP contribution in [0.5, 0.6) is 0 Å². The van der Waals surface area contributed by atoms with Gasteiger partial charge in [-0.15, -0.1) is 0 Å². The van der Waals surface area contributed by atoms with E-state index in [1.165, 1.54) is 19.3 Å². The summed E-state index contributed by atoms with van der Waals surface area (Å²) in [5.41, 5.74) is 7.11. The molecule has 2 amide bonds. The first-order chi connectivity index (χ1) is 10.1. The number of nitrogens with two attached hydrogens (primary N) is 1. The van der Waals surface area contributed by atoms with Crippen molar-refractivity contribution in [2.24, 2.45) is 0 Å². The van der Waals surface area contributed by atoms with Gasteiger partial charge in [0.1, 0.15) is 0 Å². The van der Waals surface area contributed by atoms with Crippen molar-refractivity contribution < 1.29 is 4.79 Å². The van der Waals surface area contributed by atoms with Gasteiger partial charge in [0.2, 0.25) is 0 Å². The molecule has 0 aromatic heterocycles. The predicted molar refractivity (Wildman–Crippen MR) is 85.2 cm³/mol. The summed E-state index contributed by atoms with van der Waals surface area (Å²) in [5, 5.41) is 5.98. The SMILES string of the molecule is CN1C2CCCC1CC(NC(=O)Nc1cccc(N)c1)C2. The second kappa shape index (κ2) is 5.93. The Morgan fingerprint density at radius 1 is 1.29 bits per heavy atom. The second-order valence-corrected chi connectivity index (χ2v) is 6.30. The number of carbonyl (C=O) groups is 1. The first kappa shape index (κ1) is 14.2. The molecule has 0 radical (unpaired) electrons. The predicted octanol–water partition coefficient (Wildman–Crippen LogP) is 2.41. The summed E-state index contributed by atoms with van der Waals surface area (Å²) >= 11 is 0. The molecular weight excluding hydrogens is 264 g/mol. The third-order valence-electron chi connectivity index (χ3n) is 4.82. The van der Waals surface area contributed by atoms with E-state index in [0.717, 1.165) is 18.5 Å². The van der Waals surface area contributed by atoms with Gasteiger partial charge in [-0.25, -0.2) is 4.79 Å². The Morgan fingerprint density at radius 3 is 2.67 bits per heavy atom. The van der Waals surface area contributed by atoms with E-state index in [-0.39, 0.29) is 12.1 Å². The molecule has 3 rings (SSSR count). The number of nitrogen functional groups attached to an aromatic ring is 1. The maximum absolute atomic E-state index is 12.1. The molecular formula is C16H24N4O. The van der Waals surface area contributed by atoms with Gasteiger partial charge in [0.25, 0.3) is 0 Å². The number of hydrogen-bond acceptors (Lipinski definition) is 3. The molecule has 2 unspecified atom stereocenters. The van der Waals surface area contributed by atoms with Crippen LogP contribution in [0.4, 0.5) is 16.2 Å². The Morgan fingerprint density at radius 2 is 2.00 bits per heavy atom. The van der Waals surface area contributed by atoms with E-state index in [1.807, 2.05) is 12.1 Å². The molecule has 2 bridgehead atoms. The van der Waals surface area contributed by atoms with E-state index in [9.17, 15) is 4.79 Å². The van der Waals surface area contributed by atoms with Crippen LogP contribution in [0.15, 0.2) is 24.3 Å². The van der Waals surface area contributed by atoms with Gasteiger partial charge in [0.05, 0.1) is 0 Å². The molecule has 2 aliphatic rings. The lowest BCUT2D eigenvalue weighted by Crippen LogP contribution is -2.55. The van der Waals surface area contributed by atoms with Crippen molar-refractivity contribution in [2.45, 2.75) is 50.2 Å². The molecule has 2 saturated heterocycles. The van der Waals surface area contributed by atoms with Crippen LogP contribution in [0.3, 0.4) is 0 Å². The molecule has 0 saturated carbocycles. The highest BCUT2D eigenvalue weighted by Gasteiger charge is 2.36. The molecule has 2 aliphatic heterocycles. The Bertz CT molecular complexity index is 505. The first-order valence-electron chi connectivity index (χ1n) is 7.77. The summed E-state index contributed by atoms with van der Waals surface area (Å²) in [5.74, 6) is 0. The summed E-state index contributed by atoms with van der Waals surface area (Å²) < 4.78 is 0. The largest absolute Gasteiger partial charge is 0.399 e. The Labute approximate surface area is 125 Å². The minimum Gasteiger partial charge on any atom is -0.399 e. The molecule has 4 N–H and O–H groups in total. The number of hydrogen-bond donors (Lipinski definition) is 3. The van der Waals surface area contributed by atoms with E-state index in [1.54, 1.807) is 12.1 Å².